The largest absolute Gasteiger partial charge is 0.398 e. The summed E-state index contributed by atoms with van der Waals surface area (Å²) in [6, 6.07) is 7.55. The molecule has 1 aromatic carbocycles. The topological polar surface area (TPSA) is 43.1 Å². The second-order valence-electron chi connectivity index (χ2n) is 2.85. The summed E-state index contributed by atoms with van der Waals surface area (Å²) < 4.78 is 0. The van der Waals surface area contributed by atoms with Crippen LogP contribution in [0.3, 0.4) is 0 Å². The van der Waals surface area contributed by atoms with E-state index in [1.165, 1.54) is 0 Å². The number of benzene rings is 1. The predicted molar refractivity (Wildman–Crippen MR) is 43.2 cm³/mol. The molecule has 0 radical (unpaired) electrons. The SMILES string of the molecule is Nc1ccccc1C1CC1=O. The number of ketones is 1. The van der Waals surface area contributed by atoms with Crippen molar-refractivity contribution in [3.8, 4) is 0 Å². The molecular weight excluding hydrogens is 138 g/mol. The Kier molecular flexibility index (Phi) is 1.22. The highest BCUT2D eigenvalue weighted by molar-refractivity contribution is 6.02. The second-order valence-corrected chi connectivity index (χ2v) is 2.85. The number of carbonyl (C=O) groups excluding carboxylic acids is 1. The van der Waals surface area contributed by atoms with Crippen LogP contribution in [0.4, 0.5) is 5.69 Å². The minimum absolute atomic E-state index is 0.108. The third-order valence-corrected chi connectivity index (χ3v) is 2.01. The van der Waals surface area contributed by atoms with Gasteiger partial charge in [0.1, 0.15) is 5.78 Å². The number of carbonyl (C=O) groups is 1. The summed E-state index contributed by atoms with van der Waals surface area (Å²) >= 11 is 0. The molecule has 0 bridgehead atoms. The van der Waals surface area contributed by atoms with E-state index in [4.69, 9.17) is 5.73 Å². The quantitative estimate of drug-likeness (QED) is 0.609. The van der Waals surface area contributed by atoms with Gasteiger partial charge in [0, 0.05) is 12.1 Å². The molecule has 11 heavy (non-hydrogen) atoms. The van der Waals surface area contributed by atoms with Crippen LogP contribution in [0, 0.1) is 0 Å². The van der Waals surface area contributed by atoms with E-state index in [2.05, 4.69) is 0 Å². The summed E-state index contributed by atoms with van der Waals surface area (Å²) in [5, 5.41) is 0. The van der Waals surface area contributed by atoms with Crippen molar-refractivity contribution in [2.45, 2.75) is 12.3 Å². The minimum Gasteiger partial charge on any atom is -0.398 e. The first-order valence-electron chi connectivity index (χ1n) is 3.66. The van der Waals surface area contributed by atoms with E-state index >= 15 is 0 Å². The fourth-order valence-electron chi connectivity index (χ4n) is 1.25. The molecule has 0 aliphatic heterocycles. The Bertz CT molecular complexity index is 306. The number of rotatable bonds is 1. The maximum Gasteiger partial charge on any atom is 0.141 e. The zero-order valence-corrected chi connectivity index (χ0v) is 6.08. The Hall–Kier alpha value is -1.31. The summed E-state index contributed by atoms with van der Waals surface area (Å²) in [5.41, 5.74) is 7.41. The zero-order chi connectivity index (χ0) is 7.84. The molecule has 0 spiro atoms. The molecule has 1 aliphatic rings. The molecule has 2 nitrogen and oxygen atoms in total. The van der Waals surface area contributed by atoms with E-state index in [-0.39, 0.29) is 5.92 Å². The van der Waals surface area contributed by atoms with Gasteiger partial charge in [0.2, 0.25) is 0 Å². The fourth-order valence-corrected chi connectivity index (χ4v) is 1.25. The lowest BCUT2D eigenvalue weighted by molar-refractivity contribution is -0.110. The van der Waals surface area contributed by atoms with Crippen LogP contribution >= 0.6 is 0 Å². The van der Waals surface area contributed by atoms with Gasteiger partial charge in [-0.2, -0.15) is 0 Å². The van der Waals surface area contributed by atoms with Crippen LogP contribution in [0.15, 0.2) is 24.3 Å². The highest BCUT2D eigenvalue weighted by atomic mass is 16.1. The molecule has 1 fully saturated rings. The van der Waals surface area contributed by atoms with Gasteiger partial charge >= 0.3 is 0 Å². The van der Waals surface area contributed by atoms with Gasteiger partial charge in [-0.25, -0.2) is 0 Å². The Morgan fingerprint density at radius 2 is 2.00 bits per heavy atom. The fraction of sp³-hybridized carbons (Fsp3) is 0.222. The van der Waals surface area contributed by atoms with Gasteiger partial charge < -0.3 is 5.73 Å². The summed E-state index contributed by atoms with van der Waals surface area (Å²) in [5.74, 6) is 0.416. The van der Waals surface area contributed by atoms with Crippen LogP contribution < -0.4 is 5.73 Å². The lowest BCUT2D eigenvalue weighted by Gasteiger charge is -1.99. The van der Waals surface area contributed by atoms with Crippen LogP contribution in [-0.4, -0.2) is 5.78 Å². The average molecular weight is 147 g/mol. The van der Waals surface area contributed by atoms with E-state index < -0.39 is 0 Å². The first-order chi connectivity index (χ1) is 5.29. The van der Waals surface area contributed by atoms with Crippen LogP contribution in [0.2, 0.25) is 0 Å². The van der Waals surface area contributed by atoms with Crippen LogP contribution in [-0.2, 0) is 4.79 Å². The minimum atomic E-state index is 0.108. The van der Waals surface area contributed by atoms with Crippen molar-refractivity contribution in [2.75, 3.05) is 5.73 Å². The maximum absolute atomic E-state index is 10.8. The third kappa shape index (κ3) is 1.00. The molecule has 56 valence electrons. The van der Waals surface area contributed by atoms with Crippen LogP contribution in [0.1, 0.15) is 17.9 Å². The van der Waals surface area contributed by atoms with Crippen LogP contribution in [0.25, 0.3) is 0 Å². The average Bonchev–Trinajstić information content (AvgIpc) is 2.68. The van der Waals surface area contributed by atoms with E-state index in [1.807, 2.05) is 24.3 Å². The highest BCUT2D eigenvalue weighted by Gasteiger charge is 2.36. The van der Waals surface area contributed by atoms with Crippen molar-refractivity contribution in [1.82, 2.24) is 0 Å². The monoisotopic (exact) mass is 147 g/mol. The number of hydrogen-bond acceptors (Lipinski definition) is 2. The van der Waals surface area contributed by atoms with Crippen molar-refractivity contribution in [3.63, 3.8) is 0 Å². The Labute approximate surface area is 65.0 Å². The molecule has 0 saturated heterocycles. The molecule has 1 aliphatic carbocycles. The summed E-state index contributed by atoms with van der Waals surface area (Å²) in [6.07, 6.45) is 0.675. The molecule has 2 rings (SSSR count). The van der Waals surface area contributed by atoms with Gasteiger partial charge in [-0.15, -0.1) is 0 Å². The van der Waals surface area contributed by atoms with E-state index in [0.717, 1.165) is 11.3 Å². The van der Waals surface area contributed by atoms with Gasteiger partial charge in [-0.3, -0.25) is 4.79 Å². The smallest absolute Gasteiger partial charge is 0.141 e. The first kappa shape index (κ1) is 6.40. The standard InChI is InChI=1S/C9H9NO/c10-8-4-2-1-3-6(8)7-5-9(7)11/h1-4,7H,5,10H2. The summed E-state index contributed by atoms with van der Waals surface area (Å²) in [6.45, 7) is 0. The normalized spacial score (nSPS) is 21.8. The number of hydrogen-bond donors (Lipinski definition) is 1. The number of nitrogens with two attached hydrogens (primary N) is 1. The van der Waals surface area contributed by atoms with Crippen molar-refractivity contribution in [2.24, 2.45) is 0 Å². The van der Waals surface area contributed by atoms with Crippen molar-refractivity contribution in [1.29, 1.82) is 0 Å². The molecule has 2 heteroatoms. The zero-order valence-electron chi connectivity index (χ0n) is 6.08. The molecule has 0 aromatic heterocycles. The van der Waals surface area contributed by atoms with E-state index in [1.54, 1.807) is 0 Å². The molecule has 1 unspecified atom stereocenters. The highest BCUT2D eigenvalue weighted by Crippen LogP contribution is 2.38. The Balaban J connectivity index is 2.38. The molecular formula is C9H9NO. The van der Waals surface area contributed by atoms with Gasteiger partial charge in [-0.1, -0.05) is 18.2 Å². The first-order valence-corrected chi connectivity index (χ1v) is 3.66. The Morgan fingerprint density at radius 3 is 2.55 bits per heavy atom. The molecule has 0 amide bonds. The molecule has 2 N–H and O–H groups in total. The number of nitrogen functional groups attached to an aromatic ring is 1. The lowest BCUT2D eigenvalue weighted by Crippen LogP contribution is -1.91. The van der Waals surface area contributed by atoms with E-state index in [0.29, 0.717) is 12.2 Å². The van der Waals surface area contributed by atoms with Crippen LogP contribution in [0.5, 0.6) is 0 Å². The molecule has 0 heterocycles. The van der Waals surface area contributed by atoms with Gasteiger partial charge in [0.15, 0.2) is 0 Å². The summed E-state index contributed by atoms with van der Waals surface area (Å²) in [7, 11) is 0. The predicted octanol–water partition coefficient (Wildman–Crippen LogP) is 1.33. The maximum atomic E-state index is 10.8. The van der Waals surface area contributed by atoms with Gasteiger partial charge in [-0.05, 0) is 11.6 Å². The van der Waals surface area contributed by atoms with Gasteiger partial charge in [0.05, 0.1) is 5.92 Å². The number of para-hydroxylation sites is 1. The second kappa shape index (κ2) is 2.09. The number of Topliss-reactive ketones (excluding diaryl/α,β-unsaturated/α-hetero) is 1. The van der Waals surface area contributed by atoms with Gasteiger partial charge in [0.25, 0.3) is 0 Å². The summed E-state index contributed by atoms with van der Waals surface area (Å²) in [4.78, 5) is 10.8. The van der Waals surface area contributed by atoms with Crippen molar-refractivity contribution in [3.05, 3.63) is 29.8 Å². The molecule has 1 saturated carbocycles. The van der Waals surface area contributed by atoms with Crippen molar-refractivity contribution < 1.29 is 4.79 Å². The molecule has 1 atom stereocenters. The lowest BCUT2D eigenvalue weighted by atomic mass is 10.1. The third-order valence-electron chi connectivity index (χ3n) is 2.01. The van der Waals surface area contributed by atoms with Crippen molar-refractivity contribution >= 4 is 11.5 Å². The number of anilines is 1. The Morgan fingerprint density at radius 1 is 1.36 bits per heavy atom. The molecule has 1 aromatic rings. The van der Waals surface area contributed by atoms with E-state index in [9.17, 15) is 4.79 Å².